The smallest absolute Gasteiger partial charge is 0.142 e. The van der Waals surface area contributed by atoms with Crippen molar-refractivity contribution < 1.29 is 0 Å². The minimum absolute atomic E-state index is 0.327. The van der Waals surface area contributed by atoms with E-state index in [-0.39, 0.29) is 0 Å². The first kappa shape index (κ1) is 16.7. The summed E-state index contributed by atoms with van der Waals surface area (Å²) in [5.41, 5.74) is 2.19. The van der Waals surface area contributed by atoms with Crippen LogP contribution in [0.25, 0.3) is 10.7 Å². The molecule has 1 atom stereocenters. The van der Waals surface area contributed by atoms with Crippen LogP contribution in [0.3, 0.4) is 0 Å². The van der Waals surface area contributed by atoms with Crippen LogP contribution < -0.4 is 5.32 Å². The van der Waals surface area contributed by atoms with E-state index in [1.54, 1.807) is 11.3 Å². The Kier molecular flexibility index (Phi) is 5.08. The molecule has 4 rings (SSSR count). The first-order valence-electron chi connectivity index (χ1n) is 8.36. The molecule has 0 saturated carbocycles. The summed E-state index contributed by atoms with van der Waals surface area (Å²) in [6, 6.07) is 14.4. The van der Waals surface area contributed by atoms with Gasteiger partial charge < -0.3 is 5.32 Å². The molecule has 0 spiro atoms. The molecule has 1 fully saturated rings. The molecular weight excluding hydrogens is 352 g/mol. The molecule has 2 aromatic heterocycles. The van der Waals surface area contributed by atoms with Crippen molar-refractivity contribution in [2.75, 3.05) is 19.6 Å². The van der Waals surface area contributed by atoms with Gasteiger partial charge in [0.15, 0.2) is 0 Å². The quantitative estimate of drug-likeness (QED) is 0.753. The van der Waals surface area contributed by atoms with E-state index in [0.717, 1.165) is 41.9 Å². The summed E-state index contributed by atoms with van der Waals surface area (Å²) >= 11 is 7.91. The Balaban J connectivity index is 1.53. The van der Waals surface area contributed by atoms with Gasteiger partial charge in [-0.15, -0.1) is 11.3 Å². The van der Waals surface area contributed by atoms with Gasteiger partial charge >= 0.3 is 0 Å². The Morgan fingerprint density at radius 2 is 2.16 bits per heavy atom. The van der Waals surface area contributed by atoms with E-state index in [1.165, 1.54) is 10.4 Å². The number of pyridine rings is 1. The molecule has 25 heavy (non-hydrogen) atoms. The second kappa shape index (κ2) is 7.62. The van der Waals surface area contributed by atoms with Crippen LogP contribution in [0.4, 0.5) is 0 Å². The van der Waals surface area contributed by atoms with Crippen LogP contribution in [0.1, 0.15) is 16.5 Å². The van der Waals surface area contributed by atoms with Gasteiger partial charge in [0.05, 0.1) is 5.69 Å². The topological polar surface area (TPSA) is 41.0 Å². The van der Waals surface area contributed by atoms with Gasteiger partial charge in [0.2, 0.25) is 0 Å². The number of halogens is 1. The molecule has 0 radical (unpaired) electrons. The average molecular weight is 371 g/mol. The number of thiazole rings is 1. The summed E-state index contributed by atoms with van der Waals surface area (Å²) in [6.45, 7) is 3.84. The minimum Gasteiger partial charge on any atom is -0.314 e. The molecule has 6 heteroatoms. The van der Waals surface area contributed by atoms with Gasteiger partial charge in [0.25, 0.3) is 0 Å². The fourth-order valence-corrected chi connectivity index (χ4v) is 4.28. The van der Waals surface area contributed by atoms with Gasteiger partial charge in [-0.25, -0.2) is 4.98 Å². The zero-order valence-electron chi connectivity index (χ0n) is 13.7. The second-order valence-corrected chi connectivity index (χ2v) is 7.64. The Labute approximate surface area is 156 Å². The third-order valence-corrected chi connectivity index (χ3v) is 5.62. The first-order valence-corrected chi connectivity index (χ1v) is 9.55. The fourth-order valence-electron chi connectivity index (χ4n) is 3.17. The average Bonchev–Trinajstić information content (AvgIpc) is 3.11. The molecule has 1 unspecified atom stereocenters. The fraction of sp³-hybridized carbons (Fsp3) is 0.263. The van der Waals surface area contributed by atoms with Gasteiger partial charge in [0, 0.05) is 54.5 Å². The number of nitrogens with zero attached hydrogens (tertiary/aromatic N) is 3. The number of benzene rings is 1. The molecule has 0 aliphatic carbocycles. The molecule has 0 amide bonds. The Bertz CT molecular complexity index is 836. The van der Waals surface area contributed by atoms with E-state index in [9.17, 15) is 0 Å². The van der Waals surface area contributed by atoms with Gasteiger partial charge in [-0.1, -0.05) is 29.8 Å². The van der Waals surface area contributed by atoms with E-state index in [0.29, 0.717) is 6.04 Å². The Morgan fingerprint density at radius 3 is 3.00 bits per heavy atom. The Morgan fingerprint density at radius 1 is 1.20 bits per heavy atom. The summed E-state index contributed by atoms with van der Waals surface area (Å²) < 4.78 is 0. The van der Waals surface area contributed by atoms with E-state index in [2.05, 4.69) is 32.3 Å². The van der Waals surface area contributed by atoms with Gasteiger partial charge in [-0.3, -0.25) is 9.88 Å². The van der Waals surface area contributed by atoms with E-state index in [4.69, 9.17) is 11.6 Å². The number of rotatable bonds is 4. The lowest BCUT2D eigenvalue weighted by Crippen LogP contribution is -2.45. The summed E-state index contributed by atoms with van der Waals surface area (Å²) in [5, 5.41) is 5.26. The van der Waals surface area contributed by atoms with Gasteiger partial charge in [-0.2, -0.15) is 0 Å². The van der Waals surface area contributed by atoms with Gasteiger partial charge in [0.1, 0.15) is 5.01 Å². The molecule has 128 valence electrons. The molecule has 3 aromatic rings. The lowest BCUT2D eigenvalue weighted by molar-refractivity contribution is 0.155. The maximum Gasteiger partial charge on any atom is 0.142 e. The number of hydrogen-bond acceptors (Lipinski definition) is 5. The third-order valence-electron chi connectivity index (χ3n) is 4.38. The lowest BCUT2D eigenvalue weighted by atomic mass is 10.0. The minimum atomic E-state index is 0.327. The summed E-state index contributed by atoms with van der Waals surface area (Å²) in [4.78, 5) is 12.7. The molecule has 1 aromatic carbocycles. The van der Waals surface area contributed by atoms with Crippen LogP contribution in [0, 0.1) is 0 Å². The molecule has 3 heterocycles. The highest BCUT2D eigenvalue weighted by atomic mass is 35.5. The highest BCUT2D eigenvalue weighted by Gasteiger charge is 2.24. The van der Waals surface area contributed by atoms with Crippen molar-refractivity contribution >= 4 is 22.9 Å². The number of aromatic nitrogens is 2. The SMILES string of the molecule is Clc1cccc(C2CNCCN2Cc2cnc(-c3ccccn3)s2)c1. The Hall–Kier alpha value is -1.79. The second-order valence-electron chi connectivity index (χ2n) is 6.09. The predicted molar refractivity (Wildman–Crippen MR) is 103 cm³/mol. The highest BCUT2D eigenvalue weighted by Crippen LogP contribution is 2.29. The van der Waals surface area contributed by atoms with Crippen molar-refractivity contribution in [1.82, 2.24) is 20.2 Å². The zero-order chi connectivity index (χ0) is 17.1. The molecule has 1 N–H and O–H groups in total. The molecule has 1 saturated heterocycles. The van der Waals surface area contributed by atoms with Crippen molar-refractivity contribution in [2.45, 2.75) is 12.6 Å². The van der Waals surface area contributed by atoms with Gasteiger partial charge in [-0.05, 0) is 29.8 Å². The summed E-state index contributed by atoms with van der Waals surface area (Å²) in [5.74, 6) is 0. The molecule has 1 aliphatic rings. The monoisotopic (exact) mass is 370 g/mol. The van der Waals surface area contributed by atoms with Crippen LogP contribution in [0.15, 0.2) is 54.9 Å². The third kappa shape index (κ3) is 3.90. The lowest BCUT2D eigenvalue weighted by Gasteiger charge is -2.36. The van der Waals surface area contributed by atoms with Crippen molar-refractivity contribution in [3.8, 4) is 10.7 Å². The van der Waals surface area contributed by atoms with E-state index >= 15 is 0 Å². The zero-order valence-corrected chi connectivity index (χ0v) is 15.3. The van der Waals surface area contributed by atoms with Crippen molar-refractivity contribution in [1.29, 1.82) is 0 Å². The van der Waals surface area contributed by atoms with Crippen LogP contribution in [0.2, 0.25) is 5.02 Å². The number of nitrogens with one attached hydrogen (secondary N) is 1. The molecule has 1 aliphatic heterocycles. The van der Waals surface area contributed by atoms with Crippen LogP contribution in [-0.2, 0) is 6.54 Å². The van der Waals surface area contributed by atoms with Crippen molar-refractivity contribution in [3.63, 3.8) is 0 Å². The van der Waals surface area contributed by atoms with Crippen LogP contribution in [0.5, 0.6) is 0 Å². The highest BCUT2D eigenvalue weighted by molar-refractivity contribution is 7.14. The van der Waals surface area contributed by atoms with Crippen LogP contribution >= 0.6 is 22.9 Å². The molecular formula is C19H19ClN4S. The summed E-state index contributed by atoms with van der Waals surface area (Å²) in [7, 11) is 0. The summed E-state index contributed by atoms with van der Waals surface area (Å²) in [6.07, 6.45) is 3.79. The van der Waals surface area contributed by atoms with Crippen LogP contribution in [-0.4, -0.2) is 34.5 Å². The first-order chi connectivity index (χ1) is 12.3. The maximum atomic E-state index is 6.19. The van der Waals surface area contributed by atoms with Crippen molar-refractivity contribution in [2.24, 2.45) is 0 Å². The largest absolute Gasteiger partial charge is 0.314 e. The standard InChI is InChI=1S/C19H19ClN4S/c20-15-5-3-4-14(10-15)18-12-21-8-9-24(18)13-16-11-23-19(25-16)17-6-1-2-7-22-17/h1-7,10-11,18,21H,8-9,12-13H2. The number of hydrogen-bond donors (Lipinski definition) is 1. The van der Waals surface area contributed by atoms with Crippen molar-refractivity contribution in [3.05, 3.63) is 70.3 Å². The van der Waals surface area contributed by atoms with E-state index < -0.39 is 0 Å². The number of piperazine rings is 1. The normalized spacial score (nSPS) is 18.4. The predicted octanol–water partition coefficient (Wildman–Crippen LogP) is 4.01. The maximum absolute atomic E-state index is 6.19. The molecule has 0 bridgehead atoms. The van der Waals surface area contributed by atoms with E-state index in [1.807, 2.05) is 42.7 Å². The molecule has 4 nitrogen and oxygen atoms in total.